The molecular formula is C19H19ClN2O5. The highest BCUT2D eigenvalue weighted by Gasteiger charge is 2.19. The molecule has 8 heteroatoms. The Bertz CT molecular complexity index is 852. The fourth-order valence-electron chi connectivity index (χ4n) is 2.09. The van der Waals surface area contributed by atoms with Gasteiger partial charge in [0.15, 0.2) is 12.7 Å². The number of ether oxygens (including phenoxy) is 2. The van der Waals surface area contributed by atoms with Gasteiger partial charge in [-0.1, -0.05) is 17.7 Å². The van der Waals surface area contributed by atoms with Crippen molar-refractivity contribution in [2.45, 2.75) is 20.0 Å². The van der Waals surface area contributed by atoms with E-state index in [0.29, 0.717) is 16.5 Å². The summed E-state index contributed by atoms with van der Waals surface area (Å²) in [6.45, 7) is 3.03. The summed E-state index contributed by atoms with van der Waals surface area (Å²) in [5.74, 6) is -1.36. The lowest BCUT2D eigenvalue weighted by molar-refractivity contribution is -0.123. The third-order valence-corrected chi connectivity index (χ3v) is 3.82. The highest BCUT2D eigenvalue weighted by molar-refractivity contribution is 6.31. The number of esters is 1. The van der Waals surface area contributed by atoms with Crippen LogP contribution in [0.5, 0.6) is 5.75 Å². The molecule has 0 aliphatic heterocycles. The minimum Gasteiger partial charge on any atom is -0.484 e. The molecule has 142 valence electrons. The number of nitrogens with two attached hydrogens (primary N) is 1. The molecule has 27 heavy (non-hydrogen) atoms. The maximum absolute atomic E-state index is 12.3. The SMILES string of the molecule is Cc1ccc(Cl)cc1NC(=O)[C@@H](C)OC(=O)c1ccc(OCC(N)=O)cc1. The van der Waals surface area contributed by atoms with Crippen LogP contribution in [-0.2, 0) is 14.3 Å². The second-order valence-electron chi connectivity index (χ2n) is 5.78. The second kappa shape index (κ2) is 9.05. The molecule has 0 radical (unpaired) electrons. The summed E-state index contributed by atoms with van der Waals surface area (Å²) < 4.78 is 10.3. The molecule has 1 atom stereocenters. The Morgan fingerprint density at radius 3 is 2.44 bits per heavy atom. The lowest BCUT2D eigenvalue weighted by Crippen LogP contribution is -2.30. The summed E-state index contributed by atoms with van der Waals surface area (Å²) in [5.41, 5.74) is 6.61. The summed E-state index contributed by atoms with van der Waals surface area (Å²) in [7, 11) is 0. The van der Waals surface area contributed by atoms with E-state index in [9.17, 15) is 14.4 Å². The molecule has 2 aromatic carbocycles. The fourth-order valence-corrected chi connectivity index (χ4v) is 2.26. The normalized spacial score (nSPS) is 11.4. The average Bonchev–Trinajstić information content (AvgIpc) is 2.63. The molecule has 0 heterocycles. The predicted molar refractivity (Wildman–Crippen MR) is 101 cm³/mol. The van der Waals surface area contributed by atoms with Crippen molar-refractivity contribution in [3.8, 4) is 5.75 Å². The van der Waals surface area contributed by atoms with Gasteiger partial charge in [0, 0.05) is 10.7 Å². The first-order valence-corrected chi connectivity index (χ1v) is 8.43. The zero-order valence-corrected chi connectivity index (χ0v) is 15.6. The number of carbonyl (C=O) groups is 3. The van der Waals surface area contributed by atoms with Crippen molar-refractivity contribution in [2.75, 3.05) is 11.9 Å². The van der Waals surface area contributed by atoms with Gasteiger partial charge in [-0.2, -0.15) is 0 Å². The van der Waals surface area contributed by atoms with Crippen LogP contribution in [0.1, 0.15) is 22.8 Å². The van der Waals surface area contributed by atoms with E-state index in [1.807, 2.05) is 6.92 Å². The van der Waals surface area contributed by atoms with Gasteiger partial charge in [-0.05, 0) is 55.8 Å². The second-order valence-corrected chi connectivity index (χ2v) is 6.21. The van der Waals surface area contributed by atoms with Gasteiger partial charge in [-0.15, -0.1) is 0 Å². The molecule has 7 nitrogen and oxygen atoms in total. The Morgan fingerprint density at radius 2 is 1.81 bits per heavy atom. The Hall–Kier alpha value is -3.06. The molecule has 0 unspecified atom stereocenters. The molecule has 0 aliphatic rings. The third-order valence-electron chi connectivity index (χ3n) is 3.58. The summed E-state index contributed by atoms with van der Waals surface area (Å²) in [6, 6.07) is 11.0. The van der Waals surface area contributed by atoms with Crippen LogP contribution >= 0.6 is 11.6 Å². The zero-order chi connectivity index (χ0) is 20.0. The Balaban J connectivity index is 1.95. The molecule has 0 aliphatic carbocycles. The quantitative estimate of drug-likeness (QED) is 0.706. The topological polar surface area (TPSA) is 108 Å². The number of primary amides is 1. The highest BCUT2D eigenvalue weighted by Crippen LogP contribution is 2.20. The van der Waals surface area contributed by atoms with Crippen LogP contribution in [0.2, 0.25) is 5.02 Å². The molecular weight excluding hydrogens is 372 g/mol. The van der Waals surface area contributed by atoms with Crippen LogP contribution < -0.4 is 15.8 Å². The first kappa shape index (κ1) is 20.3. The molecule has 2 aromatic rings. The van der Waals surface area contributed by atoms with Gasteiger partial charge in [0.1, 0.15) is 5.75 Å². The molecule has 2 rings (SSSR count). The zero-order valence-electron chi connectivity index (χ0n) is 14.8. The van der Waals surface area contributed by atoms with Crippen molar-refractivity contribution < 1.29 is 23.9 Å². The number of amides is 2. The molecule has 0 saturated heterocycles. The number of nitrogens with one attached hydrogen (secondary N) is 1. The largest absolute Gasteiger partial charge is 0.484 e. The summed E-state index contributed by atoms with van der Waals surface area (Å²) in [6.07, 6.45) is -1.01. The minimum absolute atomic E-state index is 0.236. The molecule has 0 saturated carbocycles. The van der Waals surface area contributed by atoms with Crippen molar-refractivity contribution in [1.29, 1.82) is 0 Å². The Labute approximate surface area is 161 Å². The van der Waals surface area contributed by atoms with Gasteiger partial charge in [-0.3, -0.25) is 9.59 Å². The van der Waals surface area contributed by atoms with E-state index >= 15 is 0 Å². The molecule has 0 aromatic heterocycles. The van der Waals surface area contributed by atoms with E-state index < -0.39 is 23.9 Å². The minimum atomic E-state index is -1.01. The summed E-state index contributed by atoms with van der Waals surface area (Å²) in [4.78, 5) is 35.1. The number of hydrogen-bond donors (Lipinski definition) is 2. The van der Waals surface area contributed by atoms with Crippen LogP contribution in [0.4, 0.5) is 5.69 Å². The van der Waals surface area contributed by atoms with Gasteiger partial charge in [0.05, 0.1) is 5.56 Å². The molecule has 2 amide bonds. The van der Waals surface area contributed by atoms with Crippen LogP contribution in [0.3, 0.4) is 0 Å². The Kier molecular flexibility index (Phi) is 6.79. The van der Waals surface area contributed by atoms with E-state index in [2.05, 4.69) is 5.32 Å². The Morgan fingerprint density at radius 1 is 1.15 bits per heavy atom. The van der Waals surface area contributed by atoms with Gasteiger partial charge < -0.3 is 20.5 Å². The predicted octanol–water partition coefficient (Wildman–Crippen LogP) is 2.70. The van der Waals surface area contributed by atoms with Crippen molar-refractivity contribution >= 4 is 35.1 Å². The number of anilines is 1. The van der Waals surface area contributed by atoms with E-state index in [4.69, 9.17) is 26.8 Å². The van der Waals surface area contributed by atoms with Gasteiger partial charge in [0.25, 0.3) is 11.8 Å². The monoisotopic (exact) mass is 390 g/mol. The summed E-state index contributed by atoms with van der Waals surface area (Å²) >= 11 is 5.92. The van der Waals surface area contributed by atoms with Gasteiger partial charge in [-0.25, -0.2) is 4.79 Å². The lowest BCUT2D eigenvalue weighted by Gasteiger charge is -2.15. The maximum atomic E-state index is 12.3. The first-order valence-electron chi connectivity index (χ1n) is 8.05. The number of benzene rings is 2. The molecule has 0 spiro atoms. The number of carbonyl (C=O) groups excluding carboxylic acids is 3. The van der Waals surface area contributed by atoms with Crippen LogP contribution in [0.25, 0.3) is 0 Å². The van der Waals surface area contributed by atoms with E-state index in [1.165, 1.54) is 31.2 Å². The van der Waals surface area contributed by atoms with Gasteiger partial charge in [0.2, 0.25) is 0 Å². The van der Waals surface area contributed by atoms with E-state index in [1.54, 1.807) is 18.2 Å². The average molecular weight is 391 g/mol. The lowest BCUT2D eigenvalue weighted by atomic mass is 10.2. The molecule has 0 fully saturated rings. The maximum Gasteiger partial charge on any atom is 0.338 e. The summed E-state index contributed by atoms with van der Waals surface area (Å²) in [5, 5.41) is 3.17. The van der Waals surface area contributed by atoms with Crippen LogP contribution in [0, 0.1) is 6.92 Å². The van der Waals surface area contributed by atoms with Crippen LogP contribution in [-0.4, -0.2) is 30.5 Å². The van der Waals surface area contributed by atoms with Crippen molar-refractivity contribution in [1.82, 2.24) is 0 Å². The first-order chi connectivity index (χ1) is 12.8. The van der Waals surface area contributed by atoms with E-state index in [-0.39, 0.29) is 12.2 Å². The highest BCUT2D eigenvalue weighted by atomic mass is 35.5. The van der Waals surface area contributed by atoms with E-state index in [0.717, 1.165) is 5.56 Å². The number of hydrogen-bond acceptors (Lipinski definition) is 5. The molecule has 0 bridgehead atoms. The van der Waals surface area contributed by atoms with Crippen molar-refractivity contribution in [3.63, 3.8) is 0 Å². The molecule has 3 N–H and O–H groups in total. The van der Waals surface area contributed by atoms with Crippen molar-refractivity contribution in [3.05, 3.63) is 58.6 Å². The number of halogens is 1. The van der Waals surface area contributed by atoms with Crippen LogP contribution in [0.15, 0.2) is 42.5 Å². The fraction of sp³-hybridized carbons (Fsp3) is 0.211. The number of rotatable bonds is 7. The third kappa shape index (κ3) is 6.00. The smallest absolute Gasteiger partial charge is 0.338 e. The van der Waals surface area contributed by atoms with Gasteiger partial charge >= 0.3 is 5.97 Å². The van der Waals surface area contributed by atoms with Crippen molar-refractivity contribution in [2.24, 2.45) is 5.73 Å². The number of aryl methyl sites for hydroxylation is 1. The standard InChI is InChI=1S/C19H19ClN2O5/c1-11-3-6-14(20)9-16(11)22-18(24)12(2)27-19(25)13-4-7-15(8-5-13)26-10-17(21)23/h3-9,12H,10H2,1-2H3,(H2,21,23)(H,22,24)/t12-/m1/s1.